The Morgan fingerprint density at radius 2 is 2.30 bits per heavy atom. The number of carboxylic acid groups (broad SMARTS) is 1. The summed E-state index contributed by atoms with van der Waals surface area (Å²) in [5.41, 5.74) is 3.45. The molecule has 0 radical (unpaired) electrons. The molecule has 0 saturated carbocycles. The number of carbonyl (C=O) groups is 1. The summed E-state index contributed by atoms with van der Waals surface area (Å²) < 4.78 is 0. The van der Waals surface area contributed by atoms with Gasteiger partial charge in [0.05, 0.1) is 0 Å². The lowest BCUT2D eigenvalue weighted by Crippen LogP contribution is -2.35. The lowest BCUT2D eigenvalue weighted by Gasteiger charge is -2.35. The van der Waals surface area contributed by atoms with Crippen molar-refractivity contribution in [3.63, 3.8) is 0 Å². The summed E-state index contributed by atoms with van der Waals surface area (Å²) in [6, 6.07) is 6.18. The molecule has 108 valence electrons. The fourth-order valence-electron chi connectivity index (χ4n) is 2.92. The van der Waals surface area contributed by atoms with Crippen LogP contribution in [0.25, 0.3) is 6.08 Å². The molecule has 0 amide bonds. The van der Waals surface area contributed by atoms with Gasteiger partial charge >= 0.3 is 5.97 Å². The highest BCUT2D eigenvalue weighted by molar-refractivity contribution is 5.85. The summed E-state index contributed by atoms with van der Waals surface area (Å²) >= 11 is 0. The second-order valence-electron chi connectivity index (χ2n) is 5.58. The van der Waals surface area contributed by atoms with Crippen molar-refractivity contribution in [1.29, 1.82) is 0 Å². The molecule has 1 N–H and O–H groups in total. The Morgan fingerprint density at radius 3 is 2.95 bits per heavy atom. The van der Waals surface area contributed by atoms with E-state index in [1.54, 1.807) is 6.08 Å². The van der Waals surface area contributed by atoms with Gasteiger partial charge in [0.1, 0.15) is 0 Å². The second-order valence-corrected chi connectivity index (χ2v) is 5.58. The molecule has 3 nitrogen and oxygen atoms in total. The first-order valence-electron chi connectivity index (χ1n) is 7.36. The first-order valence-corrected chi connectivity index (χ1v) is 7.36. The lowest BCUT2D eigenvalue weighted by atomic mass is 9.94. The van der Waals surface area contributed by atoms with Crippen molar-refractivity contribution in [1.82, 2.24) is 0 Å². The van der Waals surface area contributed by atoms with Gasteiger partial charge in [-0.2, -0.15) is 0 Å². The van der Waals surface area contributed by atoms with Crippen molar-refractivity contribution in [3.8, 4) is 0 Å². The van der Waals surface area contributed by atoms with Gasteiger partial charge in [0.15, 0.2) is 0 Å². The standard InChI is InChI=1S/C17H23NO2/c1-3-14-5-4-10-18(12-14)16-8-6-15(11-13(16)2)7-9-17(19)20/h6-9,11,14H,3-5,10,12H2,1-2H3,(H,19,20). The summed E-state index contributed by atoms with van der Waals surface area (Å²) in [6.45, 7) is 6.63. The Labute approximate surface area is 120 Å². The summed E-state index contributed by atoms with van der Waals surface area (Å²) in [7, 11) is 0. The SMILES string of the molecule is CCC1CCCN(c2ccc(C=CC(=O)O)cc2C)C1. The smallest absolute Gasteiger partial charge is 0.328 e. The van der Waals surface area contributed by atoms with Gasteiger partial charge in [0.2, 0.25) is 0 Å². The highest BCUT2D eigenvalue weighted by atomic mass is 16.4. The minimum absolute atomic E-state index is 0.801. The van der Waals surface area contributed by atoms with E-state index in [4.69, 9.17) is 5.11 Å². The van der Waals surface area contributed by atoms with Gasteiger partial charge < -0.3 is 10.0 Å². The van der Waals surface area contributed by atoms with Gasteiger partial charge in [-0.1, -0.05) is 19.4 Å². The number of nitrogens with zero attached hydrogens (tertiary/aromatic N) is 1. The van der Waals surface area contributed by atoms with Crippen LogP contribution in [0.4, 0.5) is 5.69 Å². The van der Waals surface area contributed by atoms with Gasteiger partial charge in [-0.05, 0) is 55.0 Å². The van der Waals surface area contributed by atoms with Crippen LogP contribution in [-0.4, -0.2) is 24.2 Å². The number of carboxylic acids is 1. The molecule has 0 aromatic heterocycles. The zero-order valence-corrected chi connectivity index (χ0v) is 12.3. The van der Waals surface area contributed by atoms with Crippen molar-refractivity contribution < 1.29 is 9.90 Å². The summed E-state index contributed by atoms with van der Waals surface area (Å²) in [5, 5.41) is 8.66. The maximum atomic E-state index is 10.5. The zero-order chi connectivity index (χ0) is 14.5. The summed E-state index contributed by atoms with van der Waals surface area (Å²) in [5.74, 6) is -0.108. The van der Waals surface area contributed by atoms with Gasteiger partial charge in [-0.3, -0.25) is 0 Å². The molecule has 1 heterocycles. The highest BCUT2D eigenvalue weighted by Gasteiger charge is 2.19. The van der Waals surface area contributed by atoms with E-state index < -0.39 is 5.97 Å². The average Bonchev–Trinajstić information content (AvgIpc) is 2.45. The monoisotopic (exact) mass is 273 g/mol. The van der Waals surface area contributed by atoms with Crippen LogP contribution in [0, 0.1) is 12.8 Å². The Balaban J connectivity index is 2.15. The second kappa shape index (κ2) is 6.60. The fourth-order valence-corrected chi connectivity index (χ4v) is 2.92. The largest absolute Gasteiger partial charge is 0.478 e. The predicted octanol–water partition coefficient (Wildman–Crippen LogP) is 3.72. The zero-order valence-electron chi connectivity index (χ0n) is 12.3. The number of anilines is 1. The number of piperidine rings is 1. The van der Waals surface area contributed by atoms with Crippen LogP contribution in [0.2, 0.25) is 0 Å². The third-order valence-corrected chi connectivity index (χ3v) is 4.08. The molecular formula is C17H23NO2. The van der Waals surface area contributed by atoms with E-state index in [1.165, 1.54) is 36.6 Å². The third-order valence-electron chi connectivity index (χ3n) is 4.08. The minimum Gasteiger partial charge on any atom is -0.478 e. The van der Waals surface area contributed by atoms with Crippen LogP contribution in [0.3, 0.4) is 0 Å². The molecule has 1 aliphatic heterocycles. The lowest BCUT2D eigenvalue weighted by molar-refractivity contribution is -0.131. The van der Waals surface area contributed by atoms with Crippen LogP contribution in [-0.2, 0) is 4.79 Å². The number of benzene rings is 1. The molecule has 1 aliphatic rings. The topological polar surface area (TPSA) is 40.5 Å². The molecule has 0 aliphatic carbocycles. The molecule has 1 aromatic carbocycles. The van der Waals surface area contributed by atoms with E-state index in [2.05, 4.69) is 30.9 Å². The molecule has 1 aromatic rings. The number of aryl methyl sites for hydroxylation is 1. The molecule has 0 spiro atoms. The van der Waals surface area contributed by atoms with E-state index >= 15 is 0 Å². The number of rotatable bonds is 4. The van der Waals surface area contributed by atoms with E-state index in [1.807, 2.05) is 6.07 Å². The van der Waals surface area contributed by atoms with Gasteiger partial charge in [0, 0.05) is 24.9 Å². The van der Waals surface area contributed by atoms with Crippen molar-refractivity contribution >= 4 is 17.7 Å². The average molecular weight is 273 g/mol. The Morgan fingerprint density at radius 1 is 1.50 bits per heavy atom. The third kappa shape index (κ3) is 3.62. The van der Waals surface area contributed by atoms with Gasteiger partial charge in [-0.25, -0.2) is 4.79 Å². The quantitative estimate of drug-likeness (QED) is 0.850. The number of aliphatic carboxylic acids is 1. The Hall–Kier alpha value is -1.77. The van der Waals surface area contributed by atoms with Gasteiger partial charge in [-0.15, -0.1) is 0 Å². The van der Waals surface area contributed by atoms with Crippen LogP contribution in [0.15, 0.2) is 24.3 Å². The molecule has 1 saturated heterocycles. The van der Waals surface area contributed by atoms with Gasteiger partial charge in [0.25, 0.3) is 0 Å². The fraction of sp³-hybridized carbons (Fsp3) is 0.471. The van der Waals surface area contributed by atoms with Crippen LogP contribution in [0.1, 0.15) is 37.3 Å². The maximum absolute atomic E-state index is 10.5. The molecule has 1 unspecified atom stereocenters. The molecular weight excluding hydrogens is 250 g/mol. The van der Waals surface area contributed by atoms with Crippen LogP contribution < -0.4 is 4.90 Å². The summed E-state index contributed by atoms with van der Waals surface area (Å²) in [4.78, 5) is 13.0. The van der Waals surface area contributed by atoms with E-state index in [9.17, 15) is 4.79 Å². The van der Waals surface area contributed by atoms with Crippen LogP contribution >= 0.6 is 0 Å². The van der Waals surface area contributed by atoms with E-state index in [-0.39, 0.29) is 0 Å². The number of hydrogen-bond acceptors (Lipinski definition) is 2. The first-order chi connectivity index (χ1) is 9.60. The molecule has 0 bridgehead atoms. The molecule has 3 heteroatoms. The van der Waals surface area contributed by atoms with Crippen molar-refractivity contribution in [2.45, 2.75) is 33.1 Å². The van der Waals surface area contributed by atoms with E-state index in [0.717, 1.165) is 24.6 Å². The normalized spacial score (nSPS) is 19.5. The maximum Gasteiger partial charge on any atom is 0.328 e. The van der Waals surface area contributed by atoms with Crippen molar-refractivity contribution in [3.05, 3.63) is 35.4 Å². The summed E-state index contributed by atoms with van der Waals surface area (Å²) in [6.07, 6.45) is 6.67. The van der Waals surface area contributed by atoms with E-state index in [0.29, 0.717) is 0 Å². The van der Waals surface area contributed by atoms with Crippen molar-refractivity contribution in [2.24, 2.45) is 5.92 Å². The molecule has 1 fully saturated rings. The van der Waals surface area contributed by atoms with Crippen LogP contribution in [0.5, 0.6) is 0 Å². The Kier molecular flexibility index (Phi) is 4.83. The minimum atomic E-state index is -0.909. The van der Waals surface area contributed by atoms with Crippen molar-refractivity contribution in [2.75, 3.05) is 18.0 Å². The number of hydrogen-bond donors (Lipinski definition) is 1. The molecule has 1 atom stereocenters. The first kappa shape index (κ1) is 14.6. The Bertz CT molecular complexity index is 508. The molecule has 2 rings (SSSR count). The molecule has 20 heavy (non-hydrogen) atoms. The highest BCUT2D eigenvalue weighted by Crippen LogP contribution is 2.28. The predicted molar refractivity (Wildman–Crippen MR) is 83.1 cm³/mol.